The molecule has 124 valence electrons. The highest BCUT2D eigenvalue weighted by Gasteiger charge is 2.09. The number of carbonyl (C=O) groups excluding carboxylic acids is 2. The Morgan fingerprint density at radius 2 is 1.33 bits per heavy atom. The Kier molecular flexibility index (Phi) is 12.3. The molecule has 0 aliphatic heterocycles. The van der Waals surface area contributed by atoms with Crippen LogP contribution in [0.4, 0.5) is 0 Å². The quantitative estimate of drug-likeness (QED) is 0.466. The molecule has 0 spiro atoms. The van der Waals surface area contributed by atoms with E-state index in [0.29, 0.717) is 24.5 Å². The van der Waals surface area contributed by atoms with Gasteiger partial charge in [0.2, 0.25) is 5.91 Å². The van der Waals surface area contributed by atoms with Gasteiger partial charge in [-0.25, -0.2) is 0 Å². The summed E-state index contributed by atoms with van der Waals surface area (Å²) in [6.07, 6.45) is 10.2. The third-order valence-corrected chi connectivity index (χ3v) is 3.81. The van der Waals surface area contributed by atoms with Crippen molar-refractivity contribution in [3.05, 3.63) is 0 Å². The van der Waals surface area contributed by atoms with Crippen molar-refractivity contribution >= 4 is 11.7 Å². The van der Waals surface area contributed by atoms with E-state index in [1.165, 1.54) is 25.7 Å². The van der Waals surface area contributed by atoms with Crippen LogP contribution < -0.4 is 0 Å². The summed E-state index contributed by atoms with van der Waals surface area (Å²) >= 11 is 0. The third kappa shape index (κ3) is 12.6. The fraction of sp³-hybridized carbons (Fsp3) is 0.889. The Labute approximate surface area is 131 Å². The molecular formula is C18H35NO2. The first-order chi connectivity index (χ1) is 9.97. The van der Waals surface area contributed by atoms with Gasteiger partial charge in [0.15, 0.2) is 0 Å². The molecule has 0 radical (unpaired) electrons. The van der Waals surface area contributed by atoms with Gasteiger partial charge in [0.05, 0.1) is 0 Å². The van der Waals surface area contributed by atoms with Crippen molar-refractivity contribution in [3.8, 4) is 0 Å². The van der Waals surface area contributed by atoms with Crippen LogP contribution in [0.2, 0.25) is 0 Å². The topological polar surface area (TPSA) is 37.4 Å². The Morgan fingerprint density at radius 3 is 1.81 bits per heavy atom. The molecule has 0 fully saturated rings. The molecule has 0 aromatic heterocycles. The minimum Gasteiger partial charge on any atom is -0.346 e. The molecule has 0 saturated carbocycles. The lowest BCUT2D eigenvalue weighted by atomic mass is 10.1. The van der Waals surface area contributed by atoms with Crippen molar-refractivity contribution in [1.82, 2.24) is 4.90 Å². The molecule has 0 rings (SSSR count). The molecule has 0 unspecified atom stereocenters. The molecule has 0 bridgehead atoms. The molecule has 0 aliphatic rings. The van der Waals surface area contributed by atoms with Gasteiger partial charge < -0.3 is 4.90 Å². The Balaban J connectivity index is 3.36. The van der Waals surface area contributed by atoms with Crippen LogP contribution in [0.15, 0.2) is 0 Å². The average Bonchev–Trinajstić information content (AvgIpc) is 2.44. The largest absolute Gasteiger partial charge is 0.346 e. The van der Waals surface area contributed by atoms with Gasteiger partial charge in [0.1, 0.15) is 5.78 Å². The van der Waals surface area contributed by atoms with Gasteiger partial charge in [-0.05, 0) is 18.8 Å². The van der Waals surface area contributed by atoms with Gasteiger partial charge in [0.25, 0.3) is 0 Å². The van der Waals surface area contributed by atoms with Crippen LogP contribution >= 0.6 is 0 Å². The molecule has 0 aromatic rings. The van der Waals surface area contributed by atoms with Crippen LogP contribution in [0.1, 0.15) is 85.0 Å². The number of nitrogens with zero attached hydrogens (tertiary/aromatic N) is 1. The fourth-order valence-corrected chi connectivity index (χ4v) is 2.50. The first-order valence-electron chi connectivity index (χ1n) is 8.73. The Bertz CT molecular complexity index is 287. The lowest BCUT2D eigenvalue weighted by molar-refractivity contribution is -0.130. The van der Waals surface area contributed by atoms with Crippen LogP contribution in [0.5, 0.6) is 0 Å². The van der Waals surface area contributed by atoms with Crippen LogP contribution in [-0.4, -0.2) is 30.2 Å². The van der Waals surface area contributed by atoms with Crippen LogP contribution in [-0.2, 0) is 9.59 Å². The van der Waals surface area contributed by atoms with Crippen molar-refractivity contribution in [2.24, 2.45) is 5.92 Å². The second kappa shape index (κ2) is 12.8. The SMILES string of the molecule is CCC(=O)CCCCCCCCCC(=O)N(C)CC(C)C. The monoisotopic (exact) mass is 297 g/mol. The summed E-state index contributed by atoms with van der Waals surface area (Å²) < 4.78 is 0. The number of hydrogen-bond donors (Lipinski definition) is 0. The number of unbranched alkanes of at least 4 members (excludes halogenated alkanes) is 6. The van der Waals surface area contributed by atoms with E-state index in [-0.39, 0.29) is 5.91 Å². The standard InChI is InChI=1S/C18H35NO2/c1-5-17(20)13-11-9-7-6-8-10-12-14-18(21)19(4)15-16(2)3/h16H,5-15H2,1-4H3. The highest BCUT2D eigenvalue weighted by atomic mass is 16.2. The molecule has 3 heteroatoms. The van der Waals surface area contributed by atoms with Crippen molar-refractivity contribution in [3.63, 3.8) is 0 Å². The molecule has 0 aromatic carbocycles. The van der Waals surface area contributed by atoms with Gasteiger partial charge in [-0.2, -0.15) is 0 Å². The van der Waals surface area contributed by atoms with Crippen LogP contribution in [0.25, 0.3) is 0 Å². The first kappa shape index (κ1) is 20.1. The van der Waals surface area contributed by atoms with Gasteiger partial charge >= 0.3 is 0 Å². The second-order valence-electron chi connectivity index (χ2n) is 6.54. The van der Waals surface area contributed by atoms with E-state index in [4.69, 9.17) is 0 Å². The predicted molar refractivity (Wildman–Crippen MR) is 89.3 cm³/mol. The Morgan fingerprint density at radius 1 is 0.857 bits per heavy atom. The molecule has 21 heavy (non-hydrogen) atoms. The molecule has 1 amide bonds. The van der Waals surface area contributed by atoms with E-state index in [1.807, 2.05) is 18.9 Å². The molecular weight excluding hydrogens is 262 g/mol. The second-order valence-corrected chi connectivity index (χ2v) is 6.54. The Hall–Kier alpha value is -0.860. The van der Waals surface area contributed by atoms with E-state index in [0.717, 1.165) is 32.2 Å². The zero-order valence-corrected chi connectivity index (χ0v) is 14.6. The number of amides is 1. The summed E-state index contributed by atoms with van der Waals surface area (Å²) in [7, 11) is 1.90. The van der Waals surface area contributed by atoms with Crippen molar-refractivity contribution in [1.29, 1.82) is 0 Å². The van der Waals surface area contributed by atoms with Crippen molar-refractivity contribution < 1.29 is 9.59 Å². The molecule has 3 nitrogen and oxygen atoms in total. The summed E-state index contributed by atoms with van der Waals surface area (Å²) in [5.41, 5.74) is 0. The minimum absolute atomic E-state index is 0.279. The van der Waals surface area contributed by atoms with Gasteiger partial charge in [0, 0.05) is 32.9 Å². The lowest BCUT2D eigenvalue weighted by Crippen LogP contribution is -2.29. The van der Waals surface area contributed by atoms with E-state index < -0.39 is 0 Å². The normalized spacial score (nSPS) is 10.9. The maximum Gasteiger partial charge on any atom is 0.222 e. The number of hydrogen-bond acceptors (Lipinski definition) is 2. The van der Waals surface area contributed by atoms with E-state index in [1.54, 1.807) is 0 Å². The first-order valence-corrected chi connectivity index (χ1v) is 8.73. The molecule has 0 N–H and O–H groups in total. The smallest absolute Gasteiger partial charge is 0.222 e. The van der Waals surface area contributed by atoms with Crippen LogP contribution in [0.3, 0.4) is 0 Å². The average molecular weight is 297 g/mol. The predicted octanol–water partition coefficient (Wildman–Crippen LogP) is 4.59. The molecule has 0 atom stereocenters. The zero-order valence-electron chi connectivity index (χ0n) is 14.6. The summed E-state index contributed by atoms with van der Waals surface area (Å²) in [5, 5.41) is 0. The maximum absolute atomic E-state index is 11.8. The van der Waals surface area contributed by atoms with E-state index >= 15 is 0 Å². The highest BCUT2D eigenvalue weighted by molar-refractivity contribution is 5.77. The fourth-order valence-electron chi connectivity index (χ4n) is 2.50. The molecule has 0 saturated heterocycles. The summed E-state index contributed by atoms with van der Waals surface area (Å²) in [6, 6.07) is 0. The number of ketones is 1. The number of rotatable bonds is 13. The summed E-state index contributed by atoms with van der Waals surface area (Å²) in [5.74, 6) is 1.21. The molecule has 0 heterocycles. The van der Waals surface area contributed by atoms with Crippen LogP contribution in [0, 0.1) is 5.92 Å². The molecule has 0 aliphatic carbocycles. The summed E-state index contributed by atoms with van der Waals surface area (Å²) in [4.78, 5) is 24.8. The minimum atomic E-state index is 0.279. The van der Waals surface area contributed by atoms with E-state index in [2.05, 4.69) is 13.8 Å². The van der Waals surface area contributed by atoms with Crippen molar-refractivity contribution in [2.75, 3.05) is 13.6 Å². The number of Topliss-reactive ketones (excluding diaryl/α,β-unsaturated/α-hetero) is 1. The van der Waals surface area contributed by atoms with Crippen molar-refractivity contribution in [2.45, 2.75) is 85.0 Å². The summed E-state index contributed by atoms with van der Waals surface area (Å²) in [6.45, 7) is 7.06. The highest BCUT2D eigenvalue weighted by Crippen LogP contribution is 2.11. The lowest BCUT2D eigenvalue weighted by Gasteiger charge is -2.19. The maximum atomic E-state index is 11.8. The van der Waals surface area contributed by atoms with Gasteiger partial charge in [-0.15, -0.1) is 0 Å². The van der Waals surface area contributed by atoms with Gasteiger partial charge in [-0.3, -0.25) is 9.59 Å². The van der Waals surface area contributed by atoms with Gasteiger partial charge in [-0.1, -0.05) is 52.9 Å². The zero-order chi connectivity index (χ0) is 16.1. The third-order valence-electron chi connectivity index (χ3n) is 3.81. The number of carbonyl (C=O) groups is 2. The van der Waals surface area contributed by atoms with E-state index in [9.17, 15) is 9.59 Å².